The highest BCUT2D eigenvalue weighted by Gasteiger charge is 2.00. The molecule has 100 valence electrons. The average molecular weight is 271 g/mol. The van der Waals surface area contributed by atoms with Gasteiger partial charge in [-0.3, -0.25) is 4.99 Å². The molecule has 1 aromatic rings. The summed E-state index contributed by atoms with van der Waals surface area (Å²) in [6.45, 7) is 3.86. The standard InChI is InChI=1S/C12H19ClN4O/c1-2-3-6-16-12(14)17-8-9-18-11-10(13)5-4-7-15-11/h4-5,7H,2-3,6,8-9H2,1H3,(H3,14,16,17). The van der Waals surface area contributed by atoms with Gasteiger partial charge in [0.1, 0.15) is 11.6 Å². The van der Waals surface area contributed by atoms with Gasteiger partial charge in [0, 0.05) is 12.7 Å². The van der Waals surface area contributed by atoms with E-state index in [0.29, 0.717) is 30.0 Å². The molecule has 0 atom stereocenters. The summed E-state index contributed by atoms with van der Waals surface area (Å²) < 4.78 is 5.40. The van der Waals surface area contributed by atoms with Crippen LogP contribution in [-0.4, -0.2) is 30.6 Å². The molecule has 0 amide bonds. The molecule has 0 spiro atoms. The van der Waals surface area contributed by atoms with E-state index in [0.717, 1.165) is 19.4 Å². The summed E-state index contributed by atoms with van der Waals surface area (Å²) in [7, 11) is 0. The Morgan fingerprint density at radius 3 is 3.17 bits per heavy atom. The smallest absolute Gasteiger partial charge is 0.232 e. The fraction of sp³-hybridized carbons (Fsp3) is 0.500. The summed E-state index contributed by atoms with van der Waals surface area (Å²) in [5, 5.41) is 3.47. The van der Waals surface area contributed by atoms with Gasteiger partial charge in [-0.2, -0.15) is 0 Å². The van der Waals surface area contributed by atoms with E-state index in [9.17, 15) is 0 Å². The Bertz CT molecular complexity index is 384. The van der Waals surface area contributed by atoms with Gasteiger partial charge in [-0.15, -0.1) is 0 Å². The maximum Gasteiger partial charge on any atom is 0.232 e. The first kappa shape index (κ1) is 14.6. The maximum atomic E-state index is 5.89. The van der Waals surface area contributed by atoms with Crippen molar-refractivity contribution in [1.29, 1.82) is 0 Å². The number of unbranched alkanes of at least 4 members (excludes halogenated alkanes) is 1. The van der Waals surface area contributed by atoms with Crippen LogP contribution in [0.15, 0.2) is 23.3 Å². The summed E-state index contributed by atoms with van der Waals surface area (Å²) in [5.41, 5.74) is 5.67. The van der Waals surface area contributed by atoms with Crippen LogP contribution in [0.1, 0.15) is 19.8 Å². The lowest BCUT2D eigenvalue weighted by atomic mass is 10.3. The second kappa shape index (κ2) is 8.58. The minimum atomic E-state index is 0.431. The van der Waals surface area contributed by atoms with E-state index in [4.69, 9.17) is 22.1 Å². The van der Waals surface area contributed by atoms with E-state index >= 15 is 0 Å². The third-order valence-electron chi connectivity index (χ3n) is 2.17. The summed E-state index contributed by atoms with van der Waals surface area (Å²) in [4.78, 5) is 8.17. The predicted octanol–water partition coefficient (Wildman–Crippen LogP) is 1.82. The van der Waals surface area contributed by atoms with Crippen LogP contribution in [-0.2, 0) is 0 Å². The van der Waals surface area contributed by atoms with Crippen LogP contribution in [0, 0.1) is 0 Å². The molecule has 3 N–H and O–H groups in total. The van der Waals surface area contributed by atoms with Crippen molar-refractivity contribution in [3.63, 3.8) is 0 Å². The number of hydrogen-bond donors (Lipinski definition) is 2. The molecule has 1 heterocycles. The lowest BCUT2D eigenvalue weighted by molar-refractivity contribution is 0.310. The number of nitrogens with zero attached hydrogens (tertiary/aromatic N) is 2. The zero-order valence-electron chi connectivity index (χ0n) is 10.5. The Morgan fingerprint density at radius 1 is 1.61 bits per heavy atom. The van der Waals surface area contributed by atoms with E-state index in [2.05, 4.69) is 22.2 Å². The van der Waals surface area contributed by atoms with Gasteiger partial charge in [-0.1, -0.05) is 24.9 Å². The van der Waals surface area contributed by atoms with Crippen molar-refractivity contribution in [3.8, 4) is 5.88 Å². The number of rotatable bonds is 7. The third kappa shape index (κ3) is 5.72. The first-order valence-corrected chi connectivity index (χ1v) is 6.39. The Morgan fingerprint density at radius 2 is 2.44 bits per heavy atom. The normalized spacial score (nSPS) is 11.3. The highest BCUT2D eigenvalue weighted by molar-refractivity contribution is 6.31. The van der Waals surface area contributed by atoms with Crippen molar-refractivity contribution in [2.24, 2.45) is 10.7 Å². The number of ether oxygens (including phenoxy) is 1. The van der Waals surface area contributed by atoms with E-state index in [1.807, 2.05) is 0 Å². The monoisotopic (exact) mass is 270 g/mol. The first-order chi connectivity index (χ1) is 8.74. The number of halogens is 1. The molecule has 18 heavy (non-hydrogen) atoms. The summed E-state index contributed by atoms with van der Waals surface area (Å²) >= 11 is 5.89. The molecule has 0 radical (unpaired) electrons. The third-order valence-corrected chi connectivity index (χ3v) is 2.45. The summed E-state index contributed by atoms with van der Waals surface area (Å²) in [5.74, 6) is 0.877. The Balaban J connectivity index is 2.19. The Kier molecular flexibility index (Phi) is 6.94. The number of aromatic nitrogens is 1. The van der Waals surface area contributed by atoms with Crippen LogP contribution >= 0.6 is 11.6 Å². The second-order valence-corrected chi connectivity index (χ2v) is 4.09. The Labute approximate surface area is 112 Å². The quantitative estimate of drug-likeness (QED) is 0.450. The minimum absolute atomic E-state index is 0.431. The number of nitrogens with two attached hydrogens (primary N) is 1. The molecular weight excluding hydrogens is 252 g/mol. The Hall–Kier alpha value is -1.49. The highest BCUT2D eigenvalue weighted by Crippen LogP contribution is 2.19. The molecule has 1 aromatic heterocycles. The van der Waals surface area contributed by atoms with Crippen molar-refractivity contribution >= 4 is 17.6 Å². The SMILES string of the molecule is CCCCN=C(N)NCCOc1ncccc1Cl. The molecule has 0 bridgehead atoms. The minimum Gasteiger partial charge on any atom is -0.475 e. The zero-order chi connectivity index (χ0) is 13.2. The topological polar surface area (TPSA) is 72.5 Å². The van der Waals surface area contributed by atoms with Crippen LogP contribution in [0.5, 0.6) is 5.88 Å². The van der Waals surface area contributed by atoms with Gasteiger partial charge < -0.3 is 15.8 Å². The average Bonchev–Trinajstić information content (AvgIpc) is 2.37. The van der Waals surface area contributed by atoms with Crippen LogP contribution in [0.4, 0.5) is 0 Å². The molecule has 0 aliphatic carbocycles. The number of hydrogen-bond acceptors (Lipinski definition) is 3. The van der Waals surface area contributed by atoms with Crippen molar-refractivity contribution in [1.82, 2.24) is 10.3 Å². The molecule has 0 aliphatic rings. The van der Waals surface area contributed by atoms with E-state index in [1.165, 1.54) is 0 Å². The number of aliphatic imine (C=N–C) groups is 1. The van der Waals surface area contributed by atoms with E-state index in [-0.39, 0.29) is 0 Å². The summed E-state index contributed by atoms with van der Waals surface area (Å²) in [6.07, 6.45) is 3.79. The number of pyridine rings is 1. The maximum absolute atomic E-state index is 5.89. The first-order valence-electron chi connectivity index (χ1n) is 6.01. The molecular formula is C12H19ClN4O. The largest absolute Gasteiger partial charge is 0.475 e. The van der Waals surface area contributed by atoms with E-state index in [1.54, 1.807) is 18.3 Å². The fourth-order valence-electron chi connectivity index (χ4n) is 1.22. The van der Waals surface area contributed by atoms with Gasteiger partial charge in [0.2, 0.25) is 5.88 Å². The molecule has 0 saturated carbocycles. The molecule has 5 nitrogen and oxygen atoms in total. The van der Waals surface area contributed by atoms with E-state index < -0.39 is 0 Å². The van der Waals surface area contributed by atoms with Gasteiger partial charge in [-0.25, -0.2) is 4.98 Å². The lowest BCUT2D eigenvalue weighted by Gasteiger charge is -2.08. The number of guanidine groups is 1. The molecule has 0 aliphatic heterocycles. The molecule has 1 rings (SSSR count). The number of nitrogens with one attached hydrogen (secondary N) is 1. The van der Waals surface area contributed by atoms with Gasteiger partial charge in [0.25, 0.3) is 0 Å². The molecule has 0 unspecified atom stereocenters. The predicted molar refractivity (Wildman–Crippen MR) is 74.1 cm³/mol. The van der Waals surface area contributed by atoms with Crippen molar-refractivity contribution < 1.29 is 4.74 Å². The van der Waals surface area contributed by atoms with Crippen LogP contribution in [0.3, 0.4) is 0 Å². The van der Waals surface area contributed by atoms with Gasteiger partial charge in [-0.05, 0) is 18.6 Å². The molecule has 6 heteroatoms. The molecule has 0 fully saturated rings. The second-order valence-electron chi connectivity index (χ2n) is 3.69. The van der Waals surface area contributed by atoms with Crippen molar-refractivity contribution in [3.05, 3.63) is 23.4 Å². The zero-order valence-corrected chi connectivity index (χ0v) is 11.3. The van der Waals surface area contributed by atoms with Crippen LogP contribution in [0.25, 0.3) is 0 Å². The van der Waals surface area contributed by atoms with Crippen molar-refractivity contribution in [2.75, 3.05) is 19.7 Å². The molecule has 0 aromatic carbocycles. The molecule has 0 saturated heterocycles. The fourth-order valence-corrected chi connectivity index (χ4v) is 1.39. The van der Waals surface area contributed by atoms with Crippen molar-refractivity contribution in [2.45, 2.75) is 19.8 Å². The van der Waals surface area contributed by atoms with Crippen LogP contribution < -0.4 is 15.8 Å². The van der Waals surface area contributed by atoms with Gasteiger partial charge in [0.05, 0.1) is 6.54 Å². The van der Waals surface area contributed by atoms with Gasteiger partial charge >= 0.3 is 0 Å². The summed E-state index contributed by atoms with van der Waals surface area (Å²) in [6, 6.07) is 3.49. The van der Waals surface area contributed by atoms with Gasteiger partial charge in [0.15, 0.2) is 5.96 Å². The highest BCUT2D eigenvalue weighted by atomic mass is 35.5. The van der Waals surface area contributed by atoms with Crippen LogP contribution in [0.2, 0.25) is 5.02 Å². The lowest BCUT2D eigenvalue weighted by Crippen LogP contribution is -2.34.